The summed E-state index contributed by atoms with van der Waals surface area (Å²) in [7, 11) is 0. The lowest BCUT2D eigenvalue weighted by Crippen LogP contribution is -2.25. The Kier molecular flexibility index (Phi) is 5.01. The number of nitrogens with zero attached hydrogens (tertiary/aromatic N) is 1. The maximum Gasteiger partial charge on any atom is 0.416 e. The maximum absolute atomic E-state index is 12.5. The largest absolute Gasteiger partial charge is 0.416 e. The van der Waals surface area contributed by atoms with Crippen LogP contribution in [0.3, 0.4) is 0 Å². The molecule has 0 saturated carbocycles. The number of anilines is 1. The van der Waals surface area contributed by atoms with Crippen LogP contribution in [-0.4, -0.2) is 5.91 Å². The standard InChI is InChI=1S/C13H12ClF3N2O/c1-7(2)9(6-18)12(20)19-11-4-3-8(5-10(11)14)13(15,16)17/h3-5,7,9H,1-2H3,(H,19,20). The molecule has 0 fully saturated rings. The van der Waals surface area contributed by atoms with Crippen molar-refractivity contribution in [2.75, 3.05) is 5.32 Å². The lowest BCUT2D eigenvalue weighted by Gasteiger charge is -2.15. The number of alkyl halides is 3. The SMILES string of the molecule is CC(C)C(C#N)C(=O)Nc1ccc(C(F)(F)F)cc1Cl. The van der Waals surface area contributed by atoms with Crippen LogP contribution in [0.4, 0.5) is 18.9 Å². The summed E-state index contributed by atoms with van der Waals surface area (Å²) in [6, 6.07) is 4.46. The predicted octanol–water partition coefficient (Wildman–Crippen LogP) is 4.09. The lowest BCUT2D eigenvalue weighted by molar-refractivity contribution is -0.137. The summed E-state index contributed by atoms with van der Waals surface area (Å²) in [6.07, 6.45) is -4.50. The number of amides is 1. The number of benzene rings is 1. The Morgan fingerprint density at radius 1 is 1.40 bits per heavy atom. The van der Waals surface area contributed by atoms with E-state index in [2.05, 4.69) is 5.32 Å². The molecule has 108 valence electrons. The topological polar surface area (TPSA) is 52.9 Å². The number of hydrogen-bond donors (Lipinski definition) is 1. The van der Waals surface area contributed by atoms with Crippen LogP contribution < -0.4 is 5.32 Å². The van der Waals surface area contributed by atoms with Gasteiger partial charge in [0, 0.05) is 0 Å². The van der Waals surface area contributed by atoms with Crippen LogP contribution in [0.15, 0.2) is 18.2 Å². The van der Waals surface area contributed by atoms with E-state index < -0.39 is 23.6 Å². The van der Waals surface area contributed by atoms with Crippen LogP contribution in [0.5, 0.6) is 0 Å². The summed E-state index contributed by atoms with van der Waals surface area (Å²) in [5.74, 6) is -1.70. The van der Waals surface area contributed by atoms with E-state index >= 15 is 0 Å². The highest BCUT2D eigenvalue weighted by atomic mass is 35.5. The monoisotopic (exact) mass is 304 g/mol. The predicted molar refractivity (Wildman–Crippen MR) is 69.0 cm³/mol. The van der Waals surface area contributed by atoms with E-state index in [-0.39, 0.29) is 16.6 Å². The second-order valence-electron chi connectivity index (χ2n) is 4.53. The molecule has 0 saturated heterocycles. The highest BCUT2D eigenvalue weighted by Gasteiger charge is 2.31. The fraction of sp³-hybridized carbons (Fsp3) is 0.385. The van der Waals surface area contributed by atoms with Crippen LogP contribution >= 0.6 is 11.6 Å². The van der Waals surface area contributed by atoms with Gasteiger partial charge in [-0.3, -0.25) is 4.79 Å². The minimum Gasteiger partial charge on any atom is -0.324 e. The van der Waals surface area contributed by atoms with E-state index in [1.807, 2.05) is 6.07 Å². The highest BCUT2D eigenvalue weighted by Crippen LogP contribution is 2.33. The first-order valence-electron chi connectivity index (χ1n) is 5.74. The third kappa shape index (κ3) is 3.87. The molecule has 0 radical (unpaired) electrons. The lowest BCUT2D eigenvalue weighted by atomic mass is 9.96. The van der Waals surface area contributed by atoms with Gasteiger partial charge in [0.05, 0.1) is 22.3 Å². The Bertz CT molecular complexity index is 550. The fourth-order valence-electron chi connectivity index (χ4n) is 1.51. The van der Waals surface area contributed by atoms with E-state index in [1.54, 1.807) is 13.8 Å². The summed E-state index contributed by atoms with van der Waals surface area (Å²) in [6.45, 7) is 3.39. The Labute approximate surface area is 119 Å². The molecule has 1 aromatic rings. The zero-order valence-corrected chi connectivity index (χ0v) is 11.5. The van der Waals surface area contributed by atoms with Gasteiger partial charge in [-0.1, -0.05) is 25.4 Å². The number of rotatable bonds is 3. The highest BCUT2D eigenvalue weighted by molar-refractivity contribution is 6.33. The molecule has 0 aliphatic rings. The summed E-state index contributed by atoms with van der Waals surface area (Å²) in [4.78, 5) is 11.8. The summed E-state index contributed by atoms with van der Waals surface area (Å²) >= 11 is 5.71. The van der Waals surface area contributed by atoms with E-state index in [9.17, 15) is 18.0 Å². The fourth-order valence-corrected chi connectivity index (χ4v) is 1.74. The molecule has 20 heavy (non-hydrogen) atoms. The molecule has 0 spiro atoms. The molecule has 1 unspecified atom stereocenters. The van der Waals surface area contributed by atoms with Gasteiger partial charge in [-0.15, -0.1) is 0 Å². The maximum atomic E-state index is 12.5. The number of halogens is 4. The molecule has 1 aromatic carbocycles. The number of carbonyl (C=O) groups excluding carboxylic acids is 1. The van der Waals surface area contributed by atoms with Crippen molar-refractivity contribution in [3.63, 3.8) is 0 Å². The van der Waals surface area contributed by atoms with Gasteiger partial charge in [-0.2, -0.15) is 18.4 Å². The van der Waals surface area contributed by atoms with Crippen molar-refractivity contribution in [3.8, 4) is 6.07 Å². The zero-order chi connectivity index (χ0) is 15.5. The number of hydrogen-bond acceptors (Lipinski definition) is 2. The van der Waals surface area contributed by atoms with Gasteiger partial charge in [-0.25, -0.2) is 0 Å². The third-order valence-electron chi connectivity index (χ3n) is 2.64. The minimum absolute atomic E-state index is 0.0468. The van der Waals surface area contributed by atoms with Gasteiger partial charge in [-0.05, 0) is 24.1 Å². The van der Waals surface area contributed by atoms with Crippen molar-refractivity contribution >= 4 is 23.2 Å². The molecule has 0 heterocycles. The van der Waals surface area contributed by atoms with Gasteiger partial charge in [0.1, 0.15) is 5.92 Å². The molecular formula is C13H12ClF3N2O. The quantitative estimate of drug-likeness (QED) is 0.914. The molecule has 7 heteroatoms. The van der Waals surface area contributed by atoms with Crippen molar-refractivity contribution in [2.45, 2.75) is 20.0 Å². The third-order valence-corrected chi connectivity index (χ3v) is 2.96. The van der Waals surface area contributed by atoms with Crippen LogP contribution in [-0.2, 0) is 11.0 Å². The van der Waals surface area contributed by atoms with Gasteiger partial charge in [0.2, 0.25) is 5.91 Å². The second-order valence-corrected chi connectivity index (χ2v) is 4.94. The van der Waals surface area contributed by atoms with Crippen LogP contribution in [0, 0.1) is 23.2 Å². The van der Waals surface area contributed by atoms with Gasteiger partial charge in [0.25, 0.3) is 0 Å². The smallest absolute Gasteiger partial charge is 0.324 e. The van der Waals surface area contributed by atoms with Crippen molar-refractivity contribution in [2.24, 2.45) is 11.8 Å². The van der Waals surface area contributed by atoms with Crippen LogP contribution in [0.2, 0.25) is 5.02 Å². The van der Waals surface area contributed by atoms with Gasteiger partial charge in [0.15, 0.2) is 0 Å². The average Bonchev–Trinajstić information content (AvgIpc) is 2.30. The summed E-state index contributed by atoms with van der Waals surface area (Å²) in [5, 5.41) is 11.0. The first-order valence-corrected chi connectivity index (χ1v) is 6.12. The number of carbonyl (C=O) groups is 1. The van der Waals surface area contributed by atoms with Crippen LogP contribution in [0.1, 0.15) is 19.4 Å². The molecule has 0 bridgehead atoms. The molecular weight excluding hydrogens is 293 g/mol. The molecule has 3 nitrogen and oxygen atoms in total. The molecule has 0 aromatic heterocycles. The average molecular weight is 305 g/mol. The van der Waals surface area contributed by atoms with E-state index in [0.29, 0.717) is 0 Å². The first kappa shape index (κ1) is 16.3. The zero-order valence-electron chi connectivity index (χ0n) is 10.8. The van der Waals surface area contributed by atoms with Crippen molar-refractivity contribution in [1.82, 2.24) is 0 Å². The van der Waals surface area contributed by atoms with E-state index in [1.165, 1.54) is 0 Å². The number of nitrogens with one attached hydrogen (secondary N) is 1. The first-order chi connectivity index (χ1) is 9.16. The Morgan fingerprint density at radius 2 is 2.00 bits per heavy atom. The normalized spacial score (nSPS) is 12.9. The van der Waals surface area contributed by atoms with Gasteiger partial charge >= 0.3 is 6.18 Å². The second kappa shape index (κ2) is 6.14. The van der Waals surface area contributed by atoms with Gasteiger partial charge < -0.3 is 5.32 Å². The minimum atomic E-state index is -4.50. The van der Waals surface area contributed by atoms with Crippen LogP contribution in [0.25, 0.3) is 0 Å². The summed E-state index contributed by atoms with van der Waals surface area (Å²) in [5.41, 5.74) is -0.855. The Hall–Kier alpha value is -1.74. The Balaban J connectivity index is 2.95. The van der Waals surface area contributed by atoms with Crippen molar-refractivity contribution in [1.29, 1.82) is 5.26 Å². The molecule has 1 amide bonds. The molecule has 1 rings (SSSR count). The summed E-state index contributed by atoms with van der Waals surface area (Å²) < 4.78 is 37.4. The molecule has 0 aliphatic carbocycles. The molecule has 1 atom stereocenters. The molecule has 1 N–H and O–H groups in total. The van der Waals surface area contributed by atoms with Crippen molar-refractivity contribution < 1.29 is 18.0 Å². The van der Waals surface area contributed by atoms with E-state index in [4.69, 9.17) is 16.9 Å². The Morgan fingerprint density at radius 3 is 2.40 bits per heavy atom. The van der Waals surface area contributed by atoms with E-state index in [0.717, 1.165) is 18.2 Å². The van der Waals surface area contributed by atoms with Crippen molar-refractivity contribution in [3.05, 3.63) is 28.8 Å². The number of nitriles is 1. The molecule has 0 aliphatic heterocycles.